The highest BCUT2D eigenvalue weighted by Crippen LogP contribution is 2.19. The second-order valence-electron chi connectivity index (χ2n) is 8.58. The predicted octanol–water partition coefficient (Wildman–Crippen LogP) is 5.22. The molecule has 1 fully saturated rings. The highest BCUT2D eigenvalue weighted by molar-refractivity contribution is 5.94. The van der Waals surface area contributed by atoms with E-state index in [-0.39, 0.29) is 5.91 Å². The van der Waals surface area contributed by atoms with Crippen molar-refractivity contribution in [1.29, 1.82) is 0 Å². The van der Waals surface area contributed by atoms with Crippen molar-refractivity contribution in [2.24, 2.45) is 0 Å². The molecule has 0 aromatic heterocycles. The molecule has 4 rings (SSSR count). The van der Waals surface area contributed by atoms with Crippen LogP contribution in [0.2, 0.25) is 0 Å². The zero-order valence-electron chi connectivity index (χ0n) is 18.8. The molecule has 1 saturated heterocycles. The number of rotatable bonds is 9. The summed E-state index contributed by atoms with van der Waals surface area (Å²) in [4.78, 5) is 15.0. The summed E-state index contributed by atoms with van der Waals surface area (Å²) in [5.41, 5.74) is 4.37. The Kier molecular flexibility index (Phi) is 7.57. The summed E-state index contributed by atoms with van der Waals surface area (Å²) in [6.07, 6.45) is 3.44. The number of hydrogen-bond acceptors (Lipinski definition) is 3. The molecule has 1 aliphatic rings. The molecule has 32 heavy (non-hydrogen) atoms. The summed E-state index contributed by atoms with van der Waals surface area (Å²) in [7, 11) is 0. The number of benzene rings is 3. The van der Waals surface area contributed by atoms with E-state index in [4.69, 9.17) is 4.74 Å². The third-order valence-corrected chi connectivity index (χ3v) is 6.16. The molecule has 1 aliphatic heterocycles. The first-order valence-electron chi connectivity index (χ1n) is 11.5. The minimum atomic E-state index is -0.0562. The van der Waals surface area contributed by atoms with Crippen LogP contribution in [0.1, 0.15) is 46.8 Å². The van der Waals surface area contributed by atoms with Gasteiger partial charge in [0.1, 0.15) is 12.4 Å². The lowest BCUT2D eigenvalue weighted by Crippen LogP contribution is -2.26. The van der Waals surface area contributed by atoms with E-state index < -0.39 is 0 Å². The Balaban J connectivity index is 1.20. The standard InChI is InChI=1S/C28H32N2O2/c1-22-6-5-19-30(22)20-24-11-9-23(10-12-24)17-18-29-28(31)26-13-15-27(16-14-26)32-21-25-7-3-2-4-8-25/h2-4,7-16,22H,5-6,17-21H2,1H3,(H,29,31). The van der Waals surface area contributed by atoms with Gasteiger partial charge in [-0.05, 0) is 73.7 Å². The van der Waals surface area contributed by atoms with Gasteiger partial charge in [-0.25, -0.2) is 0 Å². The molecule has 1 heterocycles. The van der Waals surface area contributed by atoms with E-state index in [0.717, 1.165) is 24.3 Å². The van der Waals surface area contributed by atoms with Crippen LogP contribution in [0.3, 0.4) is 0 Å². The van der Waals surface area contributed by atoms with Crippen LogP contribution >= 0.6 is 0 Å². The Morgan fingerprint density at radius 2 is 1.66 bits per heavy atom. The fourth-order valence-electron chi connectivity index (χ4n) is 4.14. The summed E-state index contributed by atoms with van der Waals surface area (Å²) in [5, 5.41) is 3.02. The summed E-state index contributed by atoms with van der Waals surface area (Å²) in [6, 6.07) is 26.8. The summed E-state index contributed by atoms with van der Waals surface area (Å²) in [5.74, 6) is 0.702. The van der Waals surface area contributed by atoms with Crippen LogP contribution in [-0.2, 0) is 19.6 Å². The number of ether oxygens (including phenoxy) is 1. The quantitative estimate of drug-likeness (QED) is 0.508. The second kappa shape index (κ2) is 11.0. The lowest BCUT2D eigenvalue weighted by molar-refractivity contribution is 0.0954. The SMILES string of the molecule is CC1CCCN1Cc1ccc(CCNC(=O)c2ccc(OCc3ccccc3)cc2)cc1. The van der Waals surface area contributed by atoms with Gasteiger partial charge in [0, 0.05) is 24.7 Å². The van der Waals surface area contributed by atoms with Crippen LogP contribution in [0.25, 0.3) is 0 Å². The molecule has 1 amide bonds. The summed E-state index contributed by atoms with van der Waals surface area (Å²) in [6.45, 7) is 5.68. The fourth-order valence-corrected chi connectivity index (χ4v) is 4.14. The average molecular weight is 429 g/mol. The lowest BCUT2D eigenvalue weighted by Gasteiger charge is -2.21. The minimum Gasteiger partial charge on any atom is -0.489 e. The first-order valence-corrected chi connectivity index (χ1v) is 11.5. The number of nitrogens with one attached hydrogen (secondary N) is 1. The van der Waals surface area contributed by atoms with Gasteiger partial charge in [-0.1, -0.05) is 54.6 Å². The van der Waals surface area contributed by atoms with Gasteiger partial charge in [0.05, 0.1) is 0 Å². The highest BCUT2D eigenvalue weighted by atomic mass is 16.5. The maximum absolute atomic E-state index is 12.4. The van der Waals surface area contributed by atoms with Crippen LogP contribution in [0, 0.1) is 0 Å². The van der Waals surface area contributed by atoms with Crippen molar-refractivity contribution in [2.75, 3.05) is 13.1 Å². The molecule has 3 aromatic carbocycles. The van der Waals surface area contributed by atoms with Crippen LogP contribution in [0.15, 0.2) is 78.9 Å². The van der Waals surface area contributed by atoms with Gasteiger partial charge >= 0.3 is 0 Å². The van der Waals surface area contributed by atoms with E-state index >= 15 is 0 Å². The third-order valence-electron chi connectivity index (χ3n) is 6.16. The number of likely N-dealkylation sites (tertiary alicyclic amines) is 1. The lowest BCUT2D eigenvalue weighted by atomic mass is 10.1. The molecule has 0 saturated carbocycles. The molecule has 1 N–H and O–H groups in total. The van der Waals surface area contributed by atoms with Gasteiger partial charge in [0.2, 0.25) is 0 Å². The first-order chi connectivity index (χ1) is 15.7. The molecule has 1 unspecified atom stereocenters. The van der Waals surface area contributed by atoms with Crippen molar-refractivity contribution < 1.29 is 9.53 Å². The number of nitrogens with zero attached hydrogens (tertiary/aromatic N) is 1. The van der Waals surface area contributed by atoms with E-state index in [1.165, 1.54) is 30.5 Å². The van der Waals surface area contributed by atoms with Crippen LogP contribution in [0.5, 0.6) is 5.75 Å². The van der Waals surface area contributed by atoms with E-state index in [1.807, 2.05) is 54.6 Å². The summed E-state index contributed by atoms with van der Waals surface area (Å²) >= 11 is 0. The number of carbonyl (C=O) groups excluding carboxylic acids is 1. The van der Waals surface area contributed by atoms with Crippen molar-refractivity contribution >= 4 is 5.91 Å². The van der Waals surface area contributed by atoms with E-state index in [2.05, 4.69) is 41.4 Å². The molecule has 3 aromatic rings. The number of amides is 1. The fraction of sp³-hybridized carbons (Fsp3) is 0.321. The molecule has 0 aliphatic carbocycles. The zero-order valence-corrected chi connectivity index (χ0v) is 18.8. The minimum absolute atomic E-state index is 0.0562. The molecule has 4 nitrogen and oxygen atoms in total. The van der Waals surface area contributed by atoms with Gasteiger partial charge in [0.15, 0.2) is 0 Å². The normalized spacial score (nSPS) is 16.1. The Bertz CT molecular complexity index is 984. The van der Waals surface area contributed by atoms with Gasteiger partial charge in [0.25, 0.3) is 5.91 Å². The third kappa shape index (κ3) is 6.21. The van der Waals surface area contributed by atoms with Crippen molar-refractivity contribution in [1.82, 2.24) is 10.2 Å². The maximum Gasteiger partial charge on any atom is 0.251 e. The van der Waals surface area contributed by atoms with Gasteiger partial charge in [-0.15, -0.1) is 0 Å². The molecular weight excluding hydrogens is 396 g/mol. The Labute approximate surface area is 191 Å². The van der Waals surface area contributed by atoms with E-state index in [1.54, 1.807) is 0 Å². The molecular formula is C28H32N2O2. The second-order valence-corrected chi connectivity index (χ2v) is 8.58. The number of carbonyl (C=O) groups is 1. The zero-order chi connectivity index (χ0) is 22.2. The van der Waals surface area contributed by atoms with Gasteiger partial charge < -0.3 is 10.1 Å². The molecule has 0 radical (unpaired) electrons. The van der Waals surface area contributed by atoms with Crippen LogP contribution < -0.4 is 10.1 Å². The predicted molar refractivity (Wildman–Crippen MR) is 129 cm³/mol. The van der Waals surface area contributed by atoms with Crippen LogP contribution in [0.4, 0.5) is 0 Å². The van der Waals surface area contributed by atoms with Crippen molar-refractivity contribution in [2.45, 2.75) is 45.4 Å². The Hall–Kier alpha value is -3.11. The monoisotopic (exact) mass is 428 g/mol. The van der Waals surface area contributed by atoms with Gasteiger partial charge in [-0.3, -0.25) is 9.69 Å². The Morgan fingerprint density at radius 3 is 2.34 bits per heavy atom. The van der Waals surface area contributed by atoms with E-state index in [9.17, 15) is 4.79 Å². The van der Waals surface area contributed by atoms with Gasteiger partial charge in [-0.2, -0.15) is 0 Å². The van der Waals surface area contributed by atoms with Crippen molar-refractivity contribution in [3.8, 4) is 5.75 Å². The molecule has 0 bridgehead atoms. The largest absolute Gasteiger partial charge is 0.489 e. The average Bonchev–Trinajstić information content (AvgIpc) is 3.24. The van der Waals surface area contributed by atoms with Crippen molar-refractivity contribution in [3.05, 3.63) is 101 Å². The first kappa shape index (κ1) is 22.1. The van der Waals surface area contributed by atoms with E-state index in [0.29, 0.717) is 24.8 Å². The molecule has 1 atom stereocenters. The van der Waals surface area contributed by atoms with Crippen LogP contribution in [-0.4, -0.2) is 29.9 Å². The summed E-state index contributed by atoms with van der Waals surface area (Å²) < 4.78 is 5.79. The topological polar surface area (TPSA) is 41.6 Å². The molecule has 4 heteroatoms. The molecule has 0 spiro atoms. The molecule has 166 valence electrons. The number of hydrogen-bond donors (Lipinski definition) is 1. The highest BCUT2D eigenvalue weighted by Gasteiger charge is 2.19. The smallest absolute Gasteiger partial charge is 0.251 e. The maximum atomic E-state index is 12.4. The Morgan fingerprint density at radius 1 is 0.938 bits per heavy atom. The van der Waals surface area contributed by atoms with Crippen molar-refractivity contribution in [3.63, 3.8) is 0 Å².